The number of nitrogens with zero attached hydrogens (tertiary/aromatic N) is 1. The third-order valence-electron chi connectivity index (χ3n) is 3.18. The predicted octanol–water partition coefficient (Wildman–Crippen LogP) is 1.02. The SMILES string of the molecule is CC(C)NC(=O)COC(=O)c1cccc(N2C(=O)CCC2=O)c1. The Kier molecular flexibility index (Phi) is 5.10. The van der Waals surface area contributed by atoms with Crippen LogP contribution < -0.4 is 10.2 Å². The van der Waals surface area contributed by atoms with Gasteiger partial charge in [0.05, 0.1) is 11.3 Å². The van der Waals surface area contributed by atoms with Crippen molar-refractivity contribution < 1.29 is 23.9 Å². The van der Waals surface area contributed by atoms with Gasteiger partial charge < -0.3 is 10.1 Å². The highest BCUT2D eigenvalue weighted by atomic mass is 16.5. The first-order valence-corrected chi connectivity index (χ1v) is 7.31. The highest BCUT2D eigenvalue weighted by Crippen LogP contribution is 2.23. The van der Waals surface area contributed by atoms with E-state index >= 15 is 0 Å². The lowest BCUT2D eigenvalue weighted by molar-refractivity contribution is -0.125. The number of carbonyl (C=O) groups excluding carboxylic acids is 4. The summed E-state index contributed by atoms with van der Waals surface area (Å²) in [4.78, 5) is 47.9. The molecule has 0 saturated carbocycles. The highest BCUT2D eigenvalue weighted by molar-refractivity contribution is 6.20. The van der Waals surface area contributed by atoms with E-state index in [4.69, 9.17) is 4.74 Å². The third-order valence-corrected chi connectivity index (χ3v) is 3.18. The fourth-order valence-electron chi connectivity index (χ4n) is 2.21. The third kappa shape index (κ3) is 4.15. The number of nitrogens with one attached hydrogen (secondary N) is 1. The monoisotopic (exact) mass is 318 g/mol. The smallest absolute Gasteiger partial charge is 0.338 e. The molecule has 3 amide bonds. The van der Waals surface area contributed by atoms with Gasteiger partial charge in [-0.15, -0.1) is 0 Å². The van der Waals surface area contributed by atoms with Crippen LogP contribution in [0.4, 0.5) is 5.69 Å². The molecule has 0 atom stereocenters. The molecule has 7 heteroatoms. The second-order valence-electron chi connectivity index (χ2n) is 5.47. The Morgan fingerprint density at radius 1 is 1.22 bits per heavy atom. The van der Waals surface area contributed by atoms with Crippen LogP contribution >= 0.6 is 0 Å². The summed E-state index contributed by atoms with van der Waals surface area (Å²) >= 11 is 0. The average molecular weight is 318 g/mol. The van der Waals surface area contributed by atoms with Gasteiger partial charge in [-0.1, -0.05) is 6.07 Å². The first kappa shape index (κ1) is 16.7. The van der Waals surface area contributed by atoms with Gasteiger partial charge in [-0.2, -0.15) is 0 Å². The number of imide groups is 1. The highest BCUT2D eigenvalue weighted by Gasteiger charge is 2.30. The number of esters is 1. The fourth-order valence-corrected chi connectivity index (χ4v) is 2.21. The lowest BCUT2D eigenvalue weighted by Crippen LogP contribution is -2.34. The van der Waals surface area contributed by atoms with Crippen LogP contribution in [0.25, 0.3) is 0 Å². The zero-order valence-electron chi connectivity index (χ0n) is 13.0. The van der Waals surface area contributed by atoms with Crippen molar-refractivity contribution in [2.24, 2.45) is 0 Å². The van der Waals surface area contributed by atoms with Crippen molar-refractivity contribution in [2.45, 2.75) is 32.7 Å². The summed E-state index contributed by atoms with van der Waals surface area (Å²) in [6.45, 7) is 3.21. The fraction of sp³-hybridized carbons (Fsp3) is 0.375. The number of rotatable bonds is 5. The Balaban J connectivity index is 2.04. The molecular weight excluding hydrogens is 300 g/mol. The zero-order valence-corrected chi connectivity index (χ0v) is 13.0. The number of carbonyl (C=O) groups is 4. The number of benzene rings is 1. The van der Waals surface area contributed by atoms with Gasteiger partial charge >= 0.3 is 5.97 Å². The molecule has 0 unspecified atom stereocenters. The van der Waals surface area contributed by atoms with Gasteiger partial charge in [0, 0.05) is 18.9 Å². The van der Waals surface area contributed by atoms with Crippen LogP contribution in [-0.4, -0.2) is 36.3 Å². The lowest BCUT2D eigenvalue weighted by Gasteiger charge is -2.14. The Morgan fingerprint density at radius 3 is 2.48 bits per heavy atom. The van der Waals surface area contributed by atoms with Crippen molar-refractivity contribution >= 4 is 29.4 Å². The molecule has 1 aromatic carbocycles. The number of amides is 3. The molecule has 7 nitrogen and oxygen atoms in total. The van der Waals surface area contributed by atoms with E-state index in [0.717, 1.165) is 4.90 Å². The molecule has 0 aliphatic carbocycles. The van der Waals surface area contributed by atoms with E-state index in [-0.39, 0.29) is 42.9 Å². The Labute approximate surface area is 133 Å². The van der Waals surface area contributed by atoms with Crippen molar-refractivity contribution in [1.29, 1.82) is 0 Å². The van der Waals surface area contributed by atoms with E-state index in [1.54, 1.807) is 26.0 Å². The maximum Gasteiger partial charge on any atom is 0.338 e. The molecule has 1 fully saturated rings. The first-order valence-electron chi connectivity index (χ1n) is 7.31. The summed E-state index contributed by atoms with van der Waals surface area (Å²) in [7, 11) is 0. The summed E-state index contributed by atoms with van der Waals surface area (Å²) < 4.78 is 4.92. The van der Waals surface area contributed by atoms with Gasteiger partial charge in [0.15, 0.2) is 6.61 Å². The van der Waals surface area contributed by atoms with Crippen LogP contribution in [0.3, 0.4) is 0 Å². The van der Waals surface area contributed by atoms with Gasteiger partial charge in [0.2, 0.25) is 11.8 Å². The minimum Gasteiger partial charge on any atom is -0.452 e. The molecule has 1 aliphatic heterocycles. The van der Waals surface area contributed by atoms with E-state index < -0.39 is 11.9 Å². The first-order chi connectivity index (χ1) is 10.9. The van der Waals surface area contributed by atoms with Crippen LogP contribution in [0, 0.1) is 0 Å². The van der Waals surface area contributed by atoms with E-state index in [1.807, 2.05) is 0 Å². The minimum absolute atomic E-state index is 0.0447. The van der Waals surface area contributed by atoms with Gasteiger partial charge in [-0.25, -0.2) is 4.79 Å². The number of ether oxygens (including phenoxy) is 1. The van der Waals surface area contributed by atoms with Crippen molar-refractivity contribution in [3.05, 3.63) is 29.8 Å². The molecule has 23 heavy (non-hydrogen) atoms. The zero-order chi connectivity index (χ0) is 17.0. The van der Waals surface area contributed by atoms with Gasteiger partial charge in [-0.05, 0) is 32.0 Å². The van der Waals surface area contributed by atoms with Gasteiger partial charge in [0.25, 0.3) is 5.91 Å². The summed E-state index contributed by atoms with van der Waals surface area (Å²) in [6.07, 6.45) is 0.339. The molecule has 1 aromatic rings. The van der Waals surface area contributed by atoms with E-state index in [0.29, 0.717) is 5.69 Å². The Hall–Kier alpha value is -2.70. The molecule has 1 N–H and O–H groups in total. The number of hydrogen-bond donors (Lipinski definition) is 1. The van der Waals surface area contributed by atoms with Crippen LogP contribution in [0.5, 0.6) is 0 Å². The van der Waals surface area contributed by atoms with Crippen LogP contribution in [0.15, 0.2) is 24.3 Å². The van der Waals surface area contributed by atoms with Gasteiger partial charge in [0.1, 0.15) is 0 Å². The van der Waals surface area contributed by atoms with E-state index in [2.05, 4.69) is 5.32 Å². The number of anilines is 1. The largest absolute Gasteiger partial charge is 0.452 e. The summed E-state index contributed by atoms with van der Waals surface area (Å²) in [6, 6.07) is 5.99. The lowest BCUT2D eigenvalue weighted by atomic mass is 10.2. The van der Waals surface area contributed by atoms with Crippen molar-refractivity contribution in [1.82, 2.24) is 5.32 Å². The Bertz CT molecular complexity index is 638. The summed E-state index contributed by atoms with van der Waals surface area (Å²) in [5.74, 6) is -1.67. The van der Waals surface area contributed by atoms with Crippen molar-refractivity contribution in [2.75, 3.05) is 11.5 Å². The molecule has 0 bridgehead atoms. The topological polar surface area (TPSA) is 92.8 Å². The van der Waals surface area contributed by atoms with Crippen LogP contribution in [-0.2, 0) is 19.1 Å². The summed E-state index contributed by atoms with van der Waals surface area (Å²) in [5.41, 5.74) is 0.505. The molecule has 2 rings (SSSR count). The minimum atomic E-state index is -0.690. The molecular formula is C16H18N2O5. The molecule has 122 valence electrons. The molecule has 1 heterocycles. The van der Waals surface area contributed by atoms with Crippen molar-refractivity contribution in [3.8, 4) is 0 Å². The standard InChI is InChI=1S/C16H18N2O5/c1-10(2)17-13(19)9-23-16(22)11-4-3-5-12(8-11)18-14(20)6-7-15(18)21/h3-5,8,10H,6-7,9H2,1-2H3,(H,17,19). The molecule has 0 spiro atoms. The normalized spacial score (nSPS) is 14.3. The number of hydrogen-bond acceptors (Lipinski definition) is 5. The van der Waals surface area contributed by atoms with E-state index in [9.17, 15) is 19.2 Å². The summed E-state index contributed by atoms with van der Waals surface area (Å²) in [5, 5.41) is 2.60. The quantitative estimate of drug-likeness (QED) is 0.646. The van der Waals surface area contributed by atoms with Crippen LogP contribution in [0.1, 0.15) is 37.0 Å². The average Bonchev–Trinajstić information content (AvgIpc) is 2.83. The maximum atomic E-state index is 12.0. The second kappa shape index (κ2) is 7.04. The van der Waals surface area contributed by atoms with Gasteiger partial charge in [-0.3, -0.25) is 19.3 Å². The Morgan fingerprint density at radius 2 is 1.87 bits per heavy atom. The molecule has 0 aromatic heterocycles. The molecule has 0 radical (unpaired) electrons. The van der Waals surface area contributed by atoms with Crippen molar-refractivity contribution in [3.63, 3.8) is 0 Å². The maximum absolute atomic E-state index is 12.0. The van der Waals surface area contributed by atoms with E-state index in [1.165, 1.54) is 12.1 Å². The van der Waals surface area contributed by atoms with Crippen LogP contribution in [0.2, 0.25) is 0 Å². The second-order valence-corrected chi connectivity index (χ2v) is 5.47. The molecule has 1 saturated heterocycles. The molecule has 1 aliphatic rings. The predicted molar refractivity (Wildman–Crippen MR) is 81.7 cm³/mol.